The molecule has 4 rings (SSSR count). The van der Waals surface area contributed by atoms with Crippen molar-refractivity contribution >= 4 is 5.91 Å². The minimum atomic E-state index is -0.203. The zero-order valence-corrected chi connectivity index (χ0v) is 15.4. The lowest BCUT2D eigenvalue weighted by atomic mass is 9.93. The van der Waals surface area contributed by atoms with Crippen LogP contribution in [0.25, 0.3) is 0 Å². The number of nitrogens with zero attached hydrogens (tertiary/aromatic N) is 2. The molecule has 0 saturated carbocycles. The van der Waals surface area contributed by atoms with E-state index >= 15 is 0 Å². The third-order valence-electron chi connectivity index (χ3n) is 4.92. The third kappa shape index (κ3) is 3.80. The first kappa shape index (κ1) is 17.5. The molecule has 0 fully saturated rings. The molecule has 140 valence electrons. The third-order valence-corrected chi connectivity index (χ3v) is 4.92. The molecule has 1 atom stereocenters. The predicted octanol–water partition coefficient (Wildman–Crippen LogP) is 3.48. The SMILES string of the molecule is COCc1ccc(C(=O)N[C@@H]2CCCc3c2cnn3Cc2ccccc2)o1. The molecular formula is C21H23N3O3. The van der Waals surface area contributed by atoms with Crippen LogP contribution in [0.1, 0.15) is 52.0 Å². The van der Waals surface area contributed by atoms with Crippen molar-refractivity contribution in [2.75, 3.05) is 7.11 Å². The summed E-state index contributed by atoms with van der Waals surface area (Å²) in [6.07, 6.45) is 4.79. The number of carbonyl (C=O) groups excluding carboxylic acids is 1. The number of aromatic nitrogens is 2. The zero-order valence-electron chi connectivity index (χ0n) is 15.4. The average molecular weight is 365 g/mol. The summed E-state index contributed by atoms with van der Waals surface area (Å²) in [5, 5.41) is 7.67. The number of methoxy groups -OCH3 is 1. The molecule has 6 heteroatoms. The number of furan rings is 1. The van der Waals surface area contributed by atoms with Crippen molar-refractivity contribution < 1.29 is 13.9 Å². The normalized spacial score (nSPS) is 16.1. The summed E-state index contributed by atoms with van der Waals surface area (Å²) in [5.74, 6) is 0.750. The lowest BCUT2D eigenvalue weighted by Crippen LogP contribution is -2.30. The maximum absolute atomic E-state index is 12.6. The monoisotopic (exact) mass is 365 g/mol. The number of amides is 1. The molecule has 0 radical (unpaired) electrons. The Bertz CT molecular complexity index is 914. The molecule has 1 amide bonds. The Kier molecular flexibility index (Phi) is 5.07. The van der Waals surface area contributed by atoms with Crippen LogP contribution in [0.5, 0.6) is 0 Å². The van der Waals surface area contributed by atoms with Crippen molar-refractivity contribution in [2.24, 2.45) is 0 Å². The smallest absolute Gasteiger partial charge is 0.287 e. The van der Waals surface area contributed by atoms with E-state index in [0.717, 1.165) is 31.4 Å². The van der Waals surface area contributed by atoms with Crippen molar-refractivity contribution in [3.05, 3.63) is 77.0 Å². The molecule has 1 N–H and O–H groups in total. The first-order valence-corrected chi connectivity index (χ1v) is 9.21. The number of carbonyl (C=O) groups is 1. The average Bonchev–Trinajstić information content (AvgIpc) is 3.31. The van der Waals surface area contributed by atoms with Crippen LogP contribution in [0, 0.1) is 0 Å². The van der Waals surface area contributed by atoms with Crippen molar-refractivity contribution in [1.82, 2.24) is 15.1 Å². The van der Waals surface area contributed by atoms with Crippen LogP contribution in [0.2, 0.25) is 0 Å². The quantitative estimate of drug-likeness (QED) is 0.726. The Morgan fingerprint density at radius 2 is 2.15 bits per heavy atom. The first-order chi connectivity index (χ1) is 13.2. The van der Waals surface area contributed by atoms with Gasteiger partial charge >= 0.3 is 0 Å². The number of fused-ring (bicyclic) bond motifs is 1. The van der Waals surface area contributed by atoms with Gasteiger partial charge in [0.25, 0.3) is 5.91 Å². The van der Waals surface area contributed by atoms with Gasteiger partial charge in [-0.05, 0) is 37.0 Å². The number of rotatable bonds is 6. The van der Waals surface area contributed by atoms with Gasteiger partial charge in [-0.15, -0.1) is 0 Å². The fourth-order valence-corrected chi connectivity index (χ4v) is 3.61. The van der Waals surface area contributed by atoms with Crippen LogP contribution >= 0.6 is 0 Å². The molecule has 1 aliphatic carbocycles. The molecule has 3 aromatic rings. The summed E-state index contributed by atoms with van der Waals surface area (Å²) in [5.41, 5.74) is 3.53. The van der Waals surface area contributed by atoms with Crippen LogP contribution < -0.4 is 5.32 Å². The molecular weight excluding hydrogens is 342 g/mol. The Labute approximate surface area is 158 Å². The van der Waals surface area contributed by atoms with Crippen LogP contribution in [0.15, 0.2) is 53.1 Å². The van der Waals surface area contributed by atoms with Crippen molar-refractivity contribution in [1.29, 1.82) is 0 Å². The molecule has 0 spiro atoms. The summed E-state index contributed by atoms with van der Waals surface area (Å²) in [6.45, 7) is 1.10. The summed E-state index contributed by atoms with van der Waals surface area (Å²) in [4.78, 5) is 12.6. The Morgan fingerprint density at radius 1 is 1.30 bits per heavy atom. The topological polar surface area (TPSA) is 69.3 Å². The molecule has 27 heavy (non-hydrogen) atoms. The number of ether oxygens (including phenoxy) is 1. The van der Waals surface area contributed by atoms with E-state index in [1.165, 1.54) is 11.3 Å². The number of benzene rings is 1. The summed E-state index contributed by atoms with van der Waals surface area (Å²) < 4.78 is 12.6. The summed E-state index contributed by atoms with van der Waals surface area (Å²) in [7, 11) is 1.60. The predicted molar refractivity (Wildman–Crippen MR) is 100 cm³/mol. The lowest BCUT2D eigenvalue weighted by Gasteiger charge is -2.24. The van der Waals surface area contributed by atoms with Gasteiger partial charge in [-0.3, -0.25) is 9.48 Å². The molecule has 0 unspecified atom stereocenters. The zero-order chi connectivity index (χ0) is 18.6. The molecule has 0 bridgehead atoms. The molecule has 0 aliphatic heterocycles. The highest BCUT2D eigenvalue weighted by Gasteiger charge is 2.26. The highest BCUT2D eigenvalue weighted by Crippen LogP contribution is 2.30. The maximum atomic E-state index is 12.6. The highest BCUT2D eigenvalue weighted by atomic mass is 16.5. The lowest BCUT2D eigenvalue weighted by molar-refractivity contribution is 0.0896. The van der Waals surface area contributed by atoms with E-state index in [0.29, 0.717) is 18.1 Å². The standard InChI is InChI=1S/C21H23N3O3/c1-26-14-16-10-11-20(27-16)21(25)23-18-8-5-9-19-17(18)12-22-24(19)13-15-6-3-2-4-7-15/h2-4,6-7,10-12,18H,5,8-9,13-14H2,1H3,(H,23,25)/t18-/m1/s1. The molecule has 0 saturated heterocycles. The van der Waals surface area contributed by atoms with Crippen LogP contribution in [0.4, 0.5) is 0 Å². The van der Waals surface area contributed by atoms with Gasteiger partial charge in [0.2, 0.25) is 0 Å². The van der Waals surface area contributed by atoms with Crippen LogP contribution in [-0.4, -0.2) is 22.8 Å². The second kappa shape index (κ2) is 7.80. The number of hydrogen-bond acceptors (Lipinski definition) is 4. The van der Waals surface area contributed by atoms with E-state index in [1.54, 1.807) is 19.2 Å². The minimum Gasteiger partial charge on any atom is -0.453 e. The van der Waals surface area contributed by atoms with Gasteiger partial charge < -0.3 is 14.5 Å². The molecule has 6 nitrogen and oxygen atoms in total. The fraction of sp³-hybridized carbons (Fsp3) is 0.333. The molecule has 2 heterocycles. The van der Waals surface area contributed by atoms with Crippen molar-refractivity contribution in [3.63, 3.8) is 0 Å². The number of nitrogens with one attached hydrogen (secondary N) is 1. The Balaban J connectivity index is 1.49. The van der Waals surface area contributed by atoms with Gasteiger partial charge in [0, 0.05) is 18.4 Å². The Hall–Kier alpha value is -2.86. The van der Waals surface area contributed by atoms with E-state index in [9.17, 15) is 4.79 Å². The van der Waals surface area contributed by atoms with Crippen molar-refractivity contribution in [2.45, 2.75) is 38.5 Å². The van der Waals surface area contributed by atoms with Gasteiger partial charge in [-0.1, -0.05) is 30.3 Å². The fourth-order valence-electron chi connectivity index (χ4n) is 3.61. The summed E-state index contributed by atoms with van der Waals surface area (Å²) >= 11 is 0. The van der Waals surface area contributed by atoms with E-state index in [4.69, 9.17) is 9.15 Å². The van der Waals surface area contributed by atoms with Gasteiger partial charge in [-0.2, -0.15) is 5.10 Å². The minimum absolute atomic E-state index is 0.0400. The molecule has 2 aromatic heterocycles. The van der Waals surface area contributed by atoms with E-state index in [2.05, 4.69) is 22.5 Å². The van der Waals surface area contributed by atoms with E-state index in [-0.39, 0.29) is 11.9 Å². The van der Waals surface area contributed by atoms with Gasteiger partial charge in [-0.25, -0.2) is 0 Å². The summed E-state index contributed by atoms with van der Waals surface area (Å²) in [6, 6.07) is 13.7. The maximum Gasteiger partial charge on any atom is 0.287 e. The van der Waals surface area contributed by atoms with E-state index in [1.807, 2.05) is 29.1 Å². The second-order valence-electron chi connectivity index (χ2n) is 6.81. The highest BCUT2D eigenvalue weighted by molar-refractivity contribution is 5.91. The van der Waals surface area contributed by atoms with Gasteiger partial charge in [0.1, 0.15) is 12.4 Å². The second-order valence-corrected chi connectivity index (χ2v) is 6.81. The number of hydrogen-bond donors (Lipinski definition) is 1. The van der Waals surface area contributed by atoms with E-state index < -0.39 is 0 Å². The van der Waals surface area contributed by atoms with Crippen LogP contribution in [-0.2, 0) is 24.3 Å². The Morgan fingerprint density at radius 3 is 2.96 bits per heavy atom. The van der Waals surface area contributed by atoms with Crippen LogP contribution in [0.3, 0.4) is 0 Å². The first-order valence-electron chi connectivity index (χ1n) is 9.21. The largest absolute Gasteiger partial charge is 0.453 e. The van der Waals surface area contributed by atoms with Crippen molar-refractivity contribution in [3.8, 4) is 0 Å². The molecule has 1 aromatic carbocycles. The molecule has 1 aliphatic rings. The van der Waals surface area contributed by atoms with Gasteiger partial charge in [0.05, 0.1) is 18.8 Å². The van der Waals surface area contributed by atoms with Gasteiger partial charge in [0.15, 0.2) is 5.76 Å².